The van der Waals surface area contributed by atoms with E-state index in [0.717, 1.165) is 101 Å². The first-order chi connectivity index (χ1) is 52.8. The van der Waals surface area contributed by atoms with Gasteiger partial charge in [0.25, 0.3) is 6.71 Å². The molecule has 0 bridgehead atoms. The molecular formula is C105H102BN5. The lowest BCUT2D eigenvalue weighted by Crippen LogP contribution is -2.61. The van der Waals surface area contributed by atoms with Crippen LogP contribution in [0.5, 0.6) is 0 Å². The van der Waals surface area contributed by atoms with Crippen molar-refractivity contribution in [3.8, 4) is 101 Å². The first-order valence-corrected chi connectivity index (χ1v) is 39.7. The Morgan fingerprint density at radius 3 is 0.982 bits per heavy atom. The molecule has 16 rings (SSSR count). The first kappa shape index (κ1) is 73.7. The maximum atomic E-state index is 5.70. The molecule has 0 N–H and O–H groups in total. The summed E-state index contributed by atoms with van der Waals surface area (Å²) in [5.74, 6) is 1.75. The molecule has 111 heavy (non-hydrogen) atoms. The van der Waals surface area contributed by atoms with E-state index in [0.29, 0.717) is 17.5 Å². The number of hydrogen-bond donors (Lipinski definition) is 0. The quantitative estimate of drug-likeness (QED) is 0.121. The van der Waals surface area contributed by atoms with Gasteiger partial charge in [-0.1, -0.05) is 373 Å². The van der Waals surface area contributed by atoms with Crippen molar-refractivity contribution in [3.05, 3.63) is 325 Å². The average Bonchev–Trinajstić information content (AvgIpc) is 0.686. The van der Waals surface area contributed by atoms with Crippen molar-refractivity contribution in [1.29, 1.82) is 0 Å². The largest absolute Gasteiger partial charge is 0.310 e. The minimum absolute atomic E-state index is 0.119. The van der Waals surface area contributed by atoms with Crippen LogP contribution in [0.15, 0.2) is 291 Å². The Bertz CT molecular complexity index is 5700. The van der Waals surface area contributed by atoms with Gasteiger partial charge in [-0.05, 0) is 175 Å². The van der Waals surface area contributed by atoms with Crippen LogP contribution in [0.3, 0.4) is 0 Å². The fourth-order valence-electron chi connectivity index (χ4n) is 16.2. The van der Waals surface area contributed by atoms with Gasteiger partial charge in [-0.3, -0.25) is 0 Å². The molecule has 0 aliphatic carbocycles. The van der Waals surface area contributed by atoms with Crippen molar-refractivity contribution in [3.63, 3.8) is 0 Å². The third kappa shape index (κ3) is 14.2. The lowest BCUT2D eigenvalue weighted by molar-refractivity contribution is 0.568. The highest BCUT2D eigenvalue weighted by atomic mass is 15.2. The second kappa shape index (κ2) is 27.8. The lowest BCUT2D eigenvalue weighted by Gasteiger charge is -2.46. The van der Waals surface area contributed by atoms with Crippen molar-refractivity contribution >= 4 is 57.2 Å². The Labute approximate surface area is 660 Å². The highest BCUT2D eigenvalue weighted by Crippen LogP contribution is 2.55. The summed E-state index contributed by atoms with van der Waals surface area (Å²) in [6, 6.07) is 110. The van der Waals surface area contributed by atoms with E-state index in [1.165, 1.54) is 66.5 Å². The van der Waals surface area contributed by atoms with Crippen LogP contribution in [-0.2, 0) is 32.5 Å². The molecule has 13 aromatic carbocycles. The van der Waals surface area contributed by atoms with Crippen LogP contribution >= 0.6 is 0 Å². The van der Waals surface area contributed by atoms with Gasteiger partial charge in [0, 0.05) is 56.1 Å². The second-order valence-corrected chi connectivity index (χ2v) is 37.0. The van der Waals surface area contributed by atoms with Crippen molar-refractivity contribution in [2.45, 2.75) is 157 Å². The van der Waals surface area contributed by atoms with Crippen LogP contribution < -0.4 is 26.2 Å². The molecule has 0 amide bonds. The van der Waals surface area contributed by atoms with Gasteiger partial charge < -0.3 is 9.80 Å². The van der Waals surface area contributed by atoms with Crippen LogP contribution in [0, 0.1) is 0 Å². The van der Waals surface area contributed by atoms with Gasteiger partial charge in [-0.2, -0.15) is 0 Å². The minimum atomic E-state index is -0.316. The smallest absolute Gasteiger partial charge is 0.252 e. The van der Waals surface area contributed by atoms with Gasteiger partial charge in [0.2, 0.25) is 0 Å². The van der Waals surface area contributed by atoms with E-state index in [9.17, 15) is 0 Å². The molecule has 2 aliphatic heterocycles. The molecule has 0 radical (unpaired) electrons. The molecule has 0 spiro atoms. The fraction of sp³-hybridized carbons (Fsp3) is 0.229. The number of anilines is 6. The summed E-state index contributed by atoms with van der Waals surface area (Å²) in [5.41, 5.74) is 33.1. The molecule has 0 fully saturated rings. The zero-order valence-electron chi connectivity index (χ0n) is 68.0. The zero-order chi connectivity index (χ0) is 77.8. The third-order valence-electron chi connectivity index (χ3n) is 22.8. The van der Waals surface area contributed by atoms with E-state index in [4.69, 9.17) is 15.0 Å². The first-order valence-electron chi connectivity index (χ1n) is 39.7. The fourth-order valence-corrected chi connectivity index (χ4v) is 16.2. The molecule has 550 valence electrons. The standard InChI is InChI=1S/C105H102BN5/c1-100(2,3)78-47-34-46-72(54-78)77-61-92-94-93(62-77)111(95-84(67-36-24-19-25-37-67)48-35-49-85(95)99-108-97(70-42-30-22-31-43-70)107-98(109-99)71-44-32-23-33-45-71)91-60-74(76-57-81(103(10,11)12)64-82(58-76)104(13,14)15)50-52-88(91)106(94)89-59-73(75-55-79(101(4,5)6)63-80(56-75)102(7,8)9)51-53-90(89)110(92)96-86(68-38-26-20-27-39-68)65-83(105(16,17)18)66-87(96)69-40-28-21-29-41-69/h19-66H,1-18H3. The van der Waals surface area contributed by atoms with Gasteiger partial charge in [0.05, 0.1) is 11.4 Å². The Hall–Kier alpha value is -11.5. The predicted octanol–water partition coefficient (Wildman–Crippen LogP) is 26.7. The molecule has 1 aromatic heterocycles. The SMILES string of the molecule is CC(C)(C)c1cccc(-c2cc3c4c(c2)N(c2c(-c5ccccc5)cccc2-c2nc(-c5ccccc5)nc(-c5ccccc5)n2)c2cc(-c5cc(C(C)(C)C)cc(C(C)(C)C)c5)ccc2B4c2cc(-c4cc(C(C)(C)C)cc(C(C)(C)C)c4)ccc2N3c2c(-c3ccccc3)cc(C(C)(C)C)cc2-c2ccccc2)c1. The van der Waals surface area contributed by atoms with Crippen LogP contribution in [0.4, 0.5) is 34.1 Å². The van der Waals surface area contributed by atoms with E-state index in [-0.39, 0.29) is 39.2 Å². The van der Waals surface area contributed by atoms with E-state index < -0.39 is 0 Å². The minimum Gasteiger partial charge on any atom is -0.310 e. The Balaban J connectivity index is 1.12. The third-order valence-corrected chi connectivity index (χ3v) is 22.8. The van der Waals surface area contributed by atoms with Gasteiger partial charge in [0.15, 0.2) is 17.5 Å². The summed E-state index contributed by atoms with van der Waals surface area (Å²) in [6.07, 6.45) is 0. The van der Waals surface area contributed by atoms with Crippen molar-refractivity contribution in [2.24, 2.45) is 0 Å². The molecular weight excluding hydrogens is 1340 g/mol. The van der Waals surface area contributed by atoms with Gasteiger partial charge in [-0.25, -0.2) is 15.0 Å². The summed E-state index contributed by atoms with van der Waals surface area (Å²) < 4.78 is 0. The number of benzene rings is 13. The second-order valence-electron chi connectivity index (χ2n) is 37.0. The molecule has 3 heterocycles. The topological polar surface area (TPSA) is 45.2 Å². The molecule has 0 atom stereocenters. The molecule has 0 unspecified atom stereocenters. The van der Waals surface area contributed by atoms with Gasteiger partial charge in [-0.15, -0.1) is 0 Å². The van der Waals surface area contributed by atoms with Crippen LogP contribution in [0.2, 0.25) is 0 Å². The van der Waals surface area contributed by atoms with E-state index in [1.807, 2.05) is 0 Å². The maximum absolute atomic E-state index is 5.70. The summed E-state index contributed by atoms with van der Waals surface area (Å²) in [7, 11) is 0. The Morgan fingerprint density at radius 2 is 0.532 bits per heavy atom. The molecule has 14 aromatic rings. The van der Waals surface area contributed by atoms with Crippen molar-refractivity contribution < 1.29 is 0 Å². The number of rotatable bonds is 11. The molecule has 0 saturated carbocycles. The number of nitrogens with zero attached hydrogens (tertiary/aromatic N) is 5. The van der Waals surface area contributed by atoms with Crippen LogP contribution in [0.25, 0.3) is 101 Å². The summed E-state index contributed by atoms with van der Waals surface area (Å²) >= 11 is 0. The summed E-state index contributed by atoms with van der Waals surface area (Å²) in [4.78, 5) is 22.1. The maximum Gasteiger partial charge on any atom is 0.252 e. The van der Waals surface area contributed by atoms with Gasteiger partial charge >= 0.3 is 0 Å². The molecule has 6 heteroatoms. The zero-order valence-corrected chi connectivity index (χ0v) is 68.0. The Morgan fingerprint density at radius 1 is 0.207 bits per heavy atom. The number of hydrogen-bond acceptors (Lipinski definition) is 5. The average molecular weight is 1440 g/mol. The summed E-state index contributed by atoms with van der Waals surface area (Å²) in [6.45, 7) is 41.9. The lowest BCUT2D eigenvalue weighted by atomic mass is 9.33. The molecule has 0 saturated heterocycles. The number of fused-ring (bicyclic) bond motifs is 4. The summed E-state index contributed by atoms with van der Waals surface area (Å²) in [5, 5.41) is 0. The predicted molar refractivity (Wildman–Crippen MR) is 475 cm³/mol. The van der Waals surface area contributed by atoms with Crippen LogP contribution in [-0.4, -0.2) is 21.7 Å². The highest BCUT2D eigenvalue weighted by Gasteiger charge is 2.46. The van der Waals surface area contributed by atoms with Gasteiger partial charge in [0.1, 0.15) is 0 Å². The molecule has 2 aliphatic rings. The molecule has 5 nitrogen and oxygen atoms in total. The van der Waals surface area contributed by atoms with E-state index in [2.05, 4.69) is 426 Å². The van der Waals surface area contributed by atoms with E-state index in [1.54, 1.807) is 0 Å². The normalized spacial score (nSPS) is 13.1. The monoisotopic (exact) mass is 1440 g/mol. The Kier molecular flexibility index (Phi) is 18.5. The van der Waals surface area contributed by atoms with Crippen LogP contribution in [0.1, 0.15) is 158 Å². The van der Waals surface area contributed by atoms with Crippen molar-refractivity contribution in [2.75, 3.05) is 9.80 Å². The van der Waals surface area contributed by atoms with E-state index >= 15 is 0 Å². The highest BCUT2D eigenvalue weighted by molar-refractivity contribution is 7.00. The number of para-hydroxylation sites is 1. The number of aromatic nitrogens is 3. The van der Waals surface area contributed by atoms with Crippen molar-refractivity contribution in [1.82, 2.24) is 15.0 Å².